The number of nitrogens with one attached hydrogen (secondary N) is 2. The maximum absolute atomic E-state index is 12.3. The molecule has 3 aromatic rings. The van der Waals surface area contributed by atoms with Gasteiger partial charge in [0.2, 0.25) is 0 Å². The molecule has 5 nitrogen and oxygen atoms in total. The molecule has 0 unspecified atom stereocenters. The molecule has 1 heterocycles. The molecule has 2 aromatic carbocycles. The van der Waals surface area contributed by atoms with Gasteiger partial charge in [-0.2, -0.15) is 0 Å². The largest absolute Gasteiger partial charge is 0.495 e. The summed E-state index contributed by atoms with van der Waals surface area (Å²) in [5, 5.41) is 7.41. The summed E-state index contributed by atoms with van der Waals surface area (Å²) < 4.78 is 6.36. The Balaban J connectivity index is 2.02. The van der Waals surface area contributed by atoms with Gasteiger partial charge in [-0.05, 0) is 18.2 Å². The highest BCUT2D eigenvalue weighted by Gasteiger charge is 2.15. The van der Waals surface area contributed by atoms with Crippen LogP contribution in [0.25, 0.3) is 5.69 Å². The topological polar surface area (TPSA) is 59.0 Å². The molecule has 0 saturated heterocycles. The van der Waals surface area contributed by atoms with E-state index in [9.17, 15) is 4.79 Å². The molecule has 0 fully saturated rings. The monoisotopic (exact) mass is 451 g/mol. The summed E-state index contributed by atoms with van der Waals surface area (Å²) in [4.78, 5) is 12.3. The highest BCUT2D eigenvalue weighted by atomic mass is 35.5. The quantitative estimate of drug-likeness (QED) is 0.496. The minimum atomic E-state index is -0.379. The maximum atomic E-state index is 12.3. The van der Waals surface area contributed by atoms with Gasteiger partial charge in [-0.1, -0.05) is 58.0 Å². The van der Waals surface area contributed by atoms with Gasteiger partial charge in [-0.15, -0.1) is 0 Å². The Morgan fingerprint density at radius 1 is 0.923 bits per heavy atom. The standard InChI is InChI=1S/C16H10Cl5N3O2/c1-26-13-5-12(8(18)4-9(13)19)22-14-6-15(25)24(23-14)16-10(20)2-7(17)3-11(16)21/h2-6,22-23H,1H3. The lowest BCUT2D eigenvalue weighted by Crippen LogP contribution is -2.14. The second-order valence-electron chi connectivity index (χ2n) is 5.15. The third-order valence-corrected chi connectivity index (χ3v) is 4.84. The smallest absolute Gasteiger partial charge is 0.273 e. The second kappa shape index (κ2) is 7.62. The van der Waals surface area contributed by atoms with Crippen LogP contribution < -0.4 is 15.6 Å². The number of anilines is 2. The van der Waals surface area contributed by atoms with E-state index < -0.39 is 0 Å². The van der Waals surface area contributed by atoms with Gasteiger partial charge in [0.15, 0.2) is 0 Å². The number of hydrogen-bond donors (Lipinski definition) is 2. The van der Waals surface area contributed by atoms with E-state index in [-0.39, 0.29) is 21.3 Å². The van der Waals surface area contributed by atoms with Gasteiger partial charge in [-0.3, -0.25) is 9.89 Å². The Hall–Kier alpha value is -1.50. The zero-order valence-electron chi connectivity index (χ0n) is 13.0. The van der Waals surface area contributed by atoms with Crippen LogP contribution in [0.1, 0.15) is 0 Å². The molecule has 0 saturated carbocycles. The Morgan fingerprint density at radius 3 is 2.19 bits per heavy atom. The van der Waals surface area contributed by atoms with Crippen molar-refractivity contribution in [2.24, 2.45) is 0 Å². The summed E-state index contributed by atoms with van der Waals surface area (Å²) in [6.07, 6.45) is 0. The predicted molar refractivity (Wildman–Crippen MR) is 108 cm³/mol. The van der Waals surface area contributed by atoms with Crippen LogP contribution in [0, 0.1) is 0 Å². The first-order chi connectivity index (χ1) is 12.3. The van der Waals surface area contributed by atoms with Crippen molar-refractivity contribution < 1.29 is 4.74 Å². The van der Waals surface area contributed by atoms with Crippen LogP contribution in [0.5, 0.6) is 5.75 Å². The first-order valence-electron chi connectivity index (χ1n) is 7.07. The van der Waals surface area contributed by atoms with E-state index in [4.69, 9.17) is 62.7 Å². The van der Waals surface area contributed by atoms with E-state index in [0.29, 0.717) is 32.3 Å². The average Bonchev–Trinajstić information content (AvgIpc) is 2.89. The van der Waals surface area contributed by atoms with Crippen LogP contribution in [0.4, 0.5) is 11.5 Å². The molecule has 0 spiro atoms. The third-order valence-electron chi connectivity index (χ3n) is 3.44. The minimum absolute atomic E-state index is 0.226. The fourth-order valence-electron chi connectivity index (χ4n) is 2.30. The van der Waals surface area contributed by atoms with Gasteiger partial charge in [0.1, 0.15) is 17.3 Å². The summed E-state index contributed by atoms with van der Waals surface area (Å²) in [6.45, 7) is 0. The fraction of sp³-hybridized carbons (Fsp3) is 0.0625. The molecule has 1 aromatic heterocycles. The van der Waals surface area contributed by atoms with Crippen molar-refractivity contribution in [1.29, 1.82) is 0 Å². The summed E-state index contributed by atoms with van der Waals surface area (Å²) >= 11 is 30.5. The molecular formula is C16H10Cl5N3O2. The molecule has 2 N–H and O–H groups in total. The maximum Gasteiger partial charge on any atom is 0.273 e. The van der Waals surface area contributed by atoms with E-state index >= 15 is 0 Å². The number of hydrogen-bond acceptors (Lipinski definition) is 3. The lowest BCUT2D eigenvalue weighted by molar-refractivity contribution is 0.415. The molecule has 0 aliphatic rings. The molecule has 0 radical (unpaired) electrons. The number of ether oxygens (including phenoxy) is 1. The fourth-order valence-corrected chi connectivity index (χ4v) is 3.79. The first-order valence-corrected chi connectivity index (χ1v) is 8.96. The first kappa shape index (κ1) is 19.3. The lowest BCUT2D eigenvalue weighted by Gasteiger charge is -2.11. The highest BCUT2D eigenvalue weighted by Crippen LogP contribution is 2.35. The van der Waals surface area contributed by atoms with Crippen molar-refractivity contribution in [2.75, 3.05) is 12.4 Å². The second-order valence-corrected chi connectivity index (χ2v) is 7.22. The van der Waals surface area contributed by atoms with Gasteiger partial charge < -0.3 is 10.1 Å². The van der Waals surface area contributed by atoms with Crippen LogP contribution >= 0.6 is 58.0 Å². The SMILES string of the molecule is COc1cc(Nc2cc(=O)n(-c3c(Cl)cc(Cl)cc3Cl)[nH]2)c(Cl)cc1Cl. The molecule has 3 rings (SSSR count). The normalized spacial score (nSPS) is 10.8. The van der Waals surface area contributed by atoms with E-state index in [1.807, 2.05) is 0 Å². The van der Waals surface area contributed by atoms with E-state index in [0.717, 1.165) is 0 Å². The number of nitrogens with zero attached hydrogens (tertiary/aromatic N) is 1. The zero-order chi connectivity index (χ0) is 19.0. The van der Waals surface area contributed by atoms with Crippen LogP contribution in [-0.2, 0) is 0 Å². The number of rotatable bonds is 4. The van der Waals surface area contributed by atoms with Gasteiger partial charge in [0.25, 0.3) is 5.56 Å². The Labute approximate surface area is 173 Å². The van der Waals surface area contributed by atoms with Gasteiger partial charge in [-0.25, -0.2) is 4.68 Å². The highest BCUT2D eigenvalue weighted by molar-refractivity contribution is 6.40. The van der Waals surface area contributed by atoms with Crippen molar-refractivity contribution in [3.63, 3.8) is 0 Å². The van der Waals surface area contributed by atoms with Crippen molar-refractivity contribution in [3.05, 3.63) is 65.8 Å². The summed E-state index contributed by atoms with van der Waals surface area (Å²) in [5.41, 5.74) is 0.404. The number of H-pyrrole nitrogens is 1. The molecule has 10 heteroatoms. The summed E-state index contributed by atoms with van der Waals surface area (Å²) in [5.74, 6) is 0.799. The van der Waals surface area contributed by atoms with Gasteiger partial charge >= 0.3 is 0 Å². The zero-order valence-corrected chi connectivity index (χ0v) is 16.8. The van der Waals surface area contributed by atoms with Crippen molar-refractivity contribution >= 4 is 69.5 Å². The minimum Gasteiger partial charge on any atom is -0.495 e. The van der Waals surface area contributed by atoms with E-state index in [1.165, 1.54) is 36.1 Å². The number of aromatic nitrogens is 2. The lowest BCUT2D eigenvalue weighted by atomic mass is 10.3. The Bertz CT molecular complexity index is 1020. The molecule has 136 valence electrons. The molecule has 0 bridgehead atoms. The van der Waals surface area contributed by atoms with E-state index in [2.05, 4.69) is 10.4 Å². The van der Waals surface area contributed by atoms with Crippen molar-refractivity contribution in [2.45, 2.75) is 0 Å². The van der Waals surface area contributed by atoms with Crippen LogP contribution in [0.3, 0.4) is 0 Å². The number of benzene rings is 2. The molecular weight excluding hydrogens is 443 g/mol. The van der Waals surface area contributed by atoms with Crippen LogP contribution in [0.2, 0.25) is 25.1 Å². The average molecular weight is 454 g/mol. The van der Waals surface area contributed by atoms with E-state index in [1.54, 1.807) is 6.07 Å². The Morgan fingerprint density at radius 2 is 1.58 bits per heavy atom. The number of aromatic amines is 1. The Kier molecular flexibility index (Phi) is 5.65. The summed E-state index contributed by atoms with van der Waals surface area (Å²) in [7, 11) is 1.49. The van der Waals surface area contributed by atoms with Crippen LogP contribution in [-0.4, -0.2) is 16.9 Å². The number of methoxy groups -OCH3 is 1. The van der Waals surface area contributed by atoms with Crippen molar-refractivity contribution in [1.82, 2.24) is 9.78 Å². The molecule has 0 aliphatic heterocycles. The summed E-state index contributed by atoms with van der Waals surface area (Å²) in [6, 6.07) is 7.46. The molecule has 0 amide bonds. The van der Waals surface area contributed by atoms with Crippen LogP contribution in [0.15, 0.2) is 35.1 Å². The molecule has 0 aliphatic carbocycles. The number of halogens is 5. The van der Waals surface area contributed by atoms with Gasteiger partial charge in [0, 0.05) is 17.2 Å². The predicted octanol–water partition coefficient (Wildman–Crippen LogP) is 6.18. The molecule has 26 heavy (non-hydrogen) atoms. The van der Waals surface area contributed by atoms with Gasteiger partial charge in [0.05, 0.1) is 32.9 Å². The third kappa shape index (κ3) is 3.77. The van der Waals surface area contributed by atoms with Crippen molar-refractivity contribution in [3.8, 4) is 11.4 Å². The molecule has 0 atom stereocenters.